The van der Waals surface area contributed by atoms with Crippen LogP contribution in [-0.4, -0.2) is 22.5 Å². The van der Waals surface area contributed by atoms with E-state index in [4.69, 9.17) is 10.00 Å². The molecular formula is C20H20N4O2. The molecule has 3 aromatic rings. The van der Waals surface area contributed by atoms with Crippen molar-refractivity contribution in [1.82, 2.24) is 15.3 Å². The first-order valence-corrected chi connectivity index (χ1v) is 8.44. The van der Waals surface area contributed by atoms with Gasteiger partial charge in [-0.25, -0.2) is 4.98 Å². The molecular weight excluding hydrogens is 328 g/mol. The number of imidazole rings is 1. The lowest BCUT2D eigenvalue weighted by Gasteiger charge is -2.20. The highest BCUT2D eigenvalue weighted by Crippen LogP contribution is 2.22. The zero-order valence-corrected chi connectivity index (χ0v) is 14.7. The first-order chi connectivity index (χ1) is 12.6. The van der Waals surface area contributed by atoms with Gasteiger partial charge < -0.3 is 15.0 Å². The van der Waals surface area contributed by atoms with Gasteiger partial charge in [0.25, 0.3) is 5.91 Å². The second-order valence-corrected chi connectivity index (χ2v) is 6.33. The topological polar surface area (TPSA) is 90.8 Å². The lowest BCUT2D eigenvalue weighted by Crippen LogP contribution is -2.35. The maximum absolute atomic E-state index is 12.4. The monoisotopic (exact) mass is 348 g/mol. The van der Waals surface area contributed by atoms with Gasteiger partial charge in [0, 0.05) is 0 Å². The van der Waals surface area contributed by atoms with Crippen LogP contribution in [0.4, 0.5) is 0 Å². The highest BCUT2D eigenvalue weighted by atomic mass is 16.5. The predicted octanol–water partition coefficient (Wildman–Crippen LogP) is 3.33. The van der Waals surface area contributed by atoms with Crippen molar-refractivity contribution in [2.45, 2.75) is 19.9 Å². The number of H-pyrrole nitrogens is 1. The summed E-state index contributed by atoms with van der Waals surface area (Å²) in [4.78, 5) is 20.2. The first kappa shape index (κ1) is 17.5. The van der Waals surface area contributed by atoms with E-state index >= 15 is 0 Å². The second kappa shape index (κ2) is 7.70. The van der Waals surface area contributed by atoms with Gasteiger partial charge in [-0.3, -0.25) is 4.79 Å². The molecule has 0 radical (unpaired) electrons. The zero-order chi connectivity index (χ0) is 18.5. The highest BCUT2D eigenvalue weighted by Gasteiger charge is 2.22. The van der Waals surface area contributed by atoms with Crippen LogP contribution >= 0.6 is 0 Å². The van der Waals surface area contributed by atoms with E-state index in [1.807, 2.05) is 44.2 Å². The number of ether oxygens (including phenoxy) is 1. The summed E-state index contributed by atoms with van der Waals surface area (Å²) in [5.74, 6) is 0.991. The Balaban J connectivity index is 1.70. The van der Waals surface area contributed by atoms with E-state index in [-0.39, 0.29) is 24.5 Å². The number of aromatic amines is 1. The van der Waals surface area contributed by atoms with Crippen molar-refractivity contribution in [2.75, 3.05) is 6.61 Å². The van der Waals surface area contributed by atoms with Gasteiger partial charge in [0.1, 0.15) is 17.6 Å². The molecule has 0 fully saturated rings. The predicted molar refractivity (Wildman–Crippen MR) is 98.5 cm³/mol. The number of hydrogen-bond acceptors (Lipinski definition) is 4. The molecule has 1 aromatic heterocycles. The lowest BCUT2D eigenvalue weighted by molar-refractivity contribution is -0.124. The molecule has 0 saturated carbocycles. The number of nitrogens with zero attached hydrogens (tertiary/aromatic N) is 2. The molecule has 6 heteroatoms. The second-order valence-electron chi connectivity index (χ2n) is 6.33. The summed E-state index contributed by atoms with van der Waals surface area (Å²) in [6, 6.07) is 16.4. The van der Waals surface area contributed by atoms with Gasteiger partial charge in [-0.1, -0.05) is 38.1 Å². The van der Waals surface area contributed by atoms with Crippen LogP contribution in [0.1, 0.15) is 31.3 Å². The fraction of sp³-hybridized carbons (Fsp3) is 0.250. The fourth-order valence-electron chi connectivity index (χ4n) is 2.71. The Morgan fingerprint density at radius 3 is 2.69 bits per heavy atom. The first-order valence-electron chi connectivity index (χ1n) is 8.44. The summed E-state index contributed by atoms with van der Waals surface area (Å²) >= 11 is 0. The number of rotatable bonds is 6. The molecule has 2 aromatic carbocycles. The molecule has 132 valence electrons. The third kappa shape index (κ3) is 3.83. The van der Waals surface area contributed by atoms with Crippen LogP contribution < -0.4 is 10.1 Å². The van der Waals surface area contributed by atoms with E-state index in [9.17, 15) is 4.79 Å². The van der Waals surface area contributed by atoms with Crippen molar-refractivity contribution in [1.29, 1.82) is 5.26 Å². The van der Waals surface area contributed by atoms with Gasteiger partial charge in [0.2, 0.25) is 0 Å². The van der Waals surface area contributed by atoms with Crippen LogP contribution in [-0.2, 0) is 4.79 Å². The number of para-hydroxylation sites is 3. The summed E-state index contributed by atoms with van der Waals surface area (Å²) in [7, 11) is 0. The minimum Gasteiger partial charge on any atom is -0.482 e. The van der Waals surface area contributed by atoms with E-state index in [0.29, 0.717) is 17.1 Å². The maximum atomic E-state index is 12.4. The van der Waals surface area contributed by atoms with Crippen LogP contribution in [0.5, 0.6) is 5.75 Å². The summed E-state index contributed by atoms with van der Waals surface area (Å²) in [5.41, 5.74) is 2.20. The number of fused-ring (bicyclic) bond motifs is 1. The van der Waals surface area contributed by atoms with Crippen LogP contribution in [0, 0.1) is 17.2 Å². The number of amides is 1. The van der Waals surface area contributed by atoms with E-state index < -0.39 is 0 Å². The van der Waals surface area contributed by atoms with Crippen molar-refractivity contribution in [3.63, 3.8) is 0 Å². The third-order valence-corrected chi connectivity index (χ3v) is 4.05. The minimum absolute atomic E-state index is 0.144. The standard InChI is InChI=1S/C20H20N4O2/c1-13(2)19(20-22-15-8-4-5-9-16(15)23-20)24-18(25)12-26-17-10-6-3-7-14(17)11-21/h3-10,13,19H,12H2,1-2H3,(H,22,23)(H,24,25)/t19-/m0/s1. The molecule has 0 spiro atoms. The normalized spacial score (nSPS) is 11.9. The van der Waals surface area contributed by atoms with E-state index in [2.05, 4.69) is 15.3 Å². The molecule has 1 atom stereocenters. The summed E-state index contributed by atoms with van der Waals surface area (Å²) < 4.78 is 5.50. The third-order valence-electron chi connectivity index (χ3n) is 4.05. The molecule has 0 aliphatic carbocycles. The Hall–Kier alpha value is -3.33. The molecule has 1 heterocycles. The van der Waals surface area contributed by atoms with Gasteiger partial charge in [-0.15, -0.1) is 0 Å². The molecule has 0 aliphatic rings. The van der Waals surface area contributed by atoms with Gasteiger partial charge in [0.15, 0.2) is 6.61 Å². The van der Waals surface area contributed by atoms with E-state index in [0.717, 1.165) is 11.0 Å². The van der Waals surface area contributed by atoms with Crippen molar-refractivity contribution < 1.29 is 9.53 Å². The minimum atomic E-state index is -0.267. The van der Waals surface area contributed by atoms with Crippen molar-refractivity contribution in [3.05, 3.63) is 59.9 Å². The van der Waals surface area contributed by atoms with Crippen LogP contribution in [0.3, 0.4) is 0 Å². The average molecular weight is 348 g/mol. The van der Waals surface area contributed by atoms with Gasteiger partial charge in [0.05, 0.1) is 22.6 Å². The molecule has 26 heavy (non-hydrogen) atoms. The number of hydrogen-bond donors (Lipinski definition) is 2. The number of nitriles is 1. The average Bonchev–Trinajstić information content (AvgIpc) is 3.08. The Bertz CT molecular complexity index is 923. The smallest absolute Gasteiger partial charge is 0.258 e. The van der Waals surface area contributed by atoms with E-state index in [1.54, 1.807) is 24.3 Å². The van der Waals surface area contributed by atoms with Gasteiger partial charge in [-0.05, 0) is 30.2 Å². The van der Waals surface area contributed by atoms with Crippen molar-refractivity contribution >= 4 is 16.9 Å². The summed E-state index contributed by atoms with van der Waals surface area (Å²) in [6.07, 6.45) is 0. The quantitative estimate of drug-likeness (QED) is 0.715. The van der Waals surface area contributed by atoms with Gasteiger partial charge >= 0.3 is 0 Å². The number of aromatic nitrogens is 2. The van der Waals surface area contributed by atoms with Crippen molar-refractivity contribution in [2.24, 2.45) is 5.92 Å². The van der Waals surface area contributed by atoms with Crippen molar-refractivity contribution in [3.8, 4) is 11.8 Å². The molecule has 0 saturated heterocycles. The Labute approximate surface area is 151 Å². The molecule has 0 unspecified atom stereocenters. The molecule has 2 N–H and O–H groups in total. The Kier molecular flexibility index (Phi) is 5.18. The Morgan fingerprint density at radius 2 is 1.96 bits per heavy atom. The number of carbonyl (C=O) groups is 1. The summed E-state index contributed by atoms with van der Waals surface area (Å²) in [5, 5.41) is 12.0. The molecule has 0 bridgehead atoms. The van der Waals surface area contributed by atoms with Crippen LogP contribution in [0.2, 0.25) is 0 Å². The van der Waals surface area contributed by atoms with Crippen LogP contribution in [0.15, 0.2) is 48.5 Å². The number of carbonyl (C=O) groups excluding carboxylic acids is 1. The highest BCUT2D eigenvalue weighted by molar-refractivity contribution is 5.79. The maximum Gasteiger partial charge on any atom is 0.258 e. The summed E-state index contributed by atoms with van der Waals surface area (Å²) in [6.45, 7) is 3.87. The molecule has 0 aliphatic heterocycles. The molecule has 1 amide bonds. The SMILES string of the molecule is CC(C)[C@H](NC(=O)COc1ccccc1C#N)c1nc2ccccc2[nH]1. The largest absolute Gasteiger partial charge is 0.482 e. The molecule has 3 rings (SSSR count). The molecule has 6 nitrogen and oxygen atoms in total. The number of benzene rings is 2. The fourth-order valence-corrected chi connectivity index (χ4v) is 2.71. The van der Waals surface area contributed by atoms with Crippen LogP contribution in [0.25, 0.3) is 11.0 Å². The lowest BCUT2D eigenvalue weighted by atomic mass is 10.0. The Morgan fingerprint density at radius 1 is 1.23 bits per heavy atom. The number of nitrogens with one attached hydrogen (secondary N) is 2. The van der Waals surface area contributed by atoms with E-state index in [1.165, 1.54) is 0 Å². The van der Waals surface area contributed by atoms with Gasteiger partial charge in [-0.2, -0.15) is 5.26 Å². The zero-order valence-electron chi connectivity index (χ0n) is 14.7.